The predicted octanol–water partition coefficient (Wildman–Crippen LogP) is 3.74. The first kappa shape index (κ1) is 22.7. The Kier molecular flexibility index (Phi) is 7.16. The van der Waals surface area contributed by atoms with Gasteiger partial charge in [-0.2, -0.15) is 0 Å². The van der Waals surface area contributed by atoms with Crippen LogP contribution in [0.15, 0.2) is 71.2 Å². The average molecular weight is 482 g/mol. The molecule has 8 nitrogen and oxygen atoms in total. The van der Waals surface area contributed by atoms with E-state index < -0.39 is 0 Å². The van der Waals surface area contributed by atoms with E-state index in [0.29, 0.717) is 28.0 Å². The summed E-state index contributed by atoms with van der Waals surface area (Å²) in [7, 11) is 3.15. The first-order valence-corrected chi connectivity index (χ1v) is 11.9. The first-order valence-electron chi connectivity index (χ1n) is 10.0. The summed E-state index contributed by atoms with van der Waals surface area (Å²) in [6.45, 7) is 0. The average Bonchev–Trinajstić information content (AvgIpc) is 3.51. The Balaban J connectivity index is 1.47. The zero-order valence-electron chi connectivity index (χ0n) is 18.1. The highest BCUT2D eigenvalue weighted by molar-refractivity contribution is 7.99. The molecule has 170 valence electrons. The predicted molar refractivity (Wildman–Crippen MR) is 130 cm³/mol. The third kappa shape index (κ3) is 5.12. The monoisotopic (exact) mass is 481 g/mol. The van der Waals surface area contributed by atoms with E-state index in [1.165, 1.54) is 16.4 Å². The molecule has 2 heterocycles. The summed E-state index contributed by atoms with van der Waals surface area (Å²) in [5.41, 5.74) is 1.70. The standard InChI is InChI=1S/C23H23N5O3S2/c1-30-16-10-11-17(18(13-16)31-2)22-26-27-23(28(22)24)33-14-20(29)25-21(19-9-6-12-32-19)15-7-4-3-5-8-15/h3-13,21H,14,24H2,1-2H3,(H,25,29). The van der Waals surface area contributed by atoms with Gasteiger partial charge in [-0.25, -0.2) is 4.68 Å². The van der Waals surface area contributed by atoms with Crippen molar-refractivity contribution in [1.82, 2.24) is 20.2 Å². The fraction of sp³-hybridized carbons (Fsp3) is 0.174. The van der Waals surface area contributed by atoms with Crippen LogP contribution in [0.2, 0.25) is 0 Å². The maximum atomic E-state index is 12.8. The maximum absolute atomic E-state index is 12.8. The van der Waals surface area contributed by atoms with Crippen LogP contribution in [0, 0.1) is 0 Å². The number of carbonyl (C=O) groups is 1. The Morgan fingerprint density at radius 3 is 2.64 bits per heavy atom. The Hall–Kier alpha value is -3.50. The van der Waals surface area contributed by atoms with Crippen molar-refractivity contribution in [3.05, 3.63) is 76.5 Å². The van der Waals surface area contributed by atoms with Crippen molar-refractivity contribution >= 4 is 29.0 Å². The van der Waals surface area contributed by atoms with E-state index in [1.54, 1.807) is 43.8 Å². The molecule has 0 saturated carbocycles. The molecule has 1 atom stereocenters. The van der Waals surface area contributed by atoms with Gasteiger partial charge in [0.25, 0.3) is 0 Å². The lowest BCUT2D eigenvalue weighted by atomic mass is 10.1. The van der Waals surface area contributed by atoms with Gasteiger partial charge in [0.15, 0.2) is 5.82 Å². The molecule has 0 aliphatic carbocycles. The number of aromatic nitrogens is 3. The second-order valence-electron chi connectivity index (χ2n) is 6.96. The zero-order valence-corrected chi connectivity index (χ0v) is 19.7. The zero-order chi connectivity index (χ0) is 23.2. The number of thiophene rings is 1. The van der Waals surface area contributed by atoms with Crippen molar-refractivity contribution in [3.63, 3.8) is 0 Å². The Bertz CT molecular complexity index is 1210. The van der Waals surface area contributed by atoms with Gasteiger partial charge in [-0.15, -0.1) is 21.5 Å². The molecule has 0 saturated heterocycles. The van der Waals surface area contributed by atoms with E-state index in [4.69, 9.17) is 15.3 Å². The van der Waals surface area contributed by atoms with E-state index >= 15 is 0 Å². The molecule has 0 bridgehead atoms. The van der Waals surface area contributed by atoms with Crippen LogP contribution in [0.4, 0.5) is 0 Å². The second-order valence-corrected chi connectivity index (χ2v) is 8.88. The number of nitrogen functional groups attached to an aromatic ring is 1. The summed E-state index contributed by atoms with van der Waals surface area (Å²) >= 11 is 2.82. The van der Waals surface area contributed by atoms with E-state index in [1.807, 2.05) is 47.8 Å². The fourth-order valence-electron chi connectivity index (χ4n) is 3.29. The lowest BCUT2D eigenvalue weighted by Gasteiger charge is -2.18. The van der Waals surface area contributed by atoms with Crippen molar-refractivity contribution in [2.75, 3.05) is 25.8 Å². The highest BCUT2D eigenvalue weighted by atomic mass is 32.2. The SMILES string of the molecule is COc1ccc(-c2nnc(SCC(=O)NC(c3ccccc3)c3cccs3)n2N)c(OC)c1. The number of benzene rings is 2. The molecule has 2 aromatic heterocycles. The quantitative estimate of drug-likeness (QED) is 0.277. The number of thioether (sulfide) groups is 1. The first-order chi connectivity index (χ1) is 16.1. The highest BCUT2D eigenvalue weighted by Gasteiger charge is 2.20. The second kappa shape index (κ2) is 10.4. The minimum Gasteiger partial charge on any atom is -0.497 e. The van der Waals surface area contributed by atoms with Gasteiger partial charge >= 0.3 is 0 Å². The third-order valence-corrected chi connectivity index (χ3v) is 6.79. The molecule has 0 spiro atoms. The van der Waals surface area contributed by atoms with E-state index in [0.717, 1.165) is 10.4 Å². The molecule has 1 unspecified atom stereocenters. The van der Waals surface area contributed by atoms with Gasteiger partial charge < -0.3 is 20.6 Å². The van der Waals surface area contributed by atoms with Crippen molar-refractivity contribution in [3.8, 4) is 22.9 Å². The van der Waals surface area contributed by atoms with Gasteiger partial charge in [-0.05, 0) is 29.1 Å². The topological polar surface area (TPSA) is 104 Å². The summed E-state index contributed by atoms with van der Waals surface area (Å²) in [5.74, 6) is 7.90. The number of nitrogens with two attached hydrogens (primary N) is 1. The van der Waals surface area contributed by atoms with Crippen LogP contribution in [0.25, 0.3) is 11.4 Å². The minimum absolute atomic E-state index is 0.131. The van der Waals surface area contributed by atoms with Crippen LogP contribution < -0.4 is 20.6 Å². The molecule has 0 aliphatic rings. The highest BCUT2D eigenvalue weighted by Crippen LogP contribution is 2.33. The minimum atomic E-state index is -0.214. The molecule has 0 radical (unpaired) electrons. The molecule has 0 aliphatic heterocycles. The van der Waals surface area contributed by atoms with Gasteiger partial charge in [0.1, 0.15) is 11.5 Å². The van der Waals surface area contributed by atoms with Crippen molar-refractivity contribution in [2.45, 2.75) is 11.2 Å². The van der Waals surface area contributed by atoms with Gasteiger partial charge in [0.05, 0.1) is 31.6 Å². The number of nitrogens with zero attached hydrogens (tertiary/aromatic N) is 3. The molecular weight excluding hydrogens is 458 g/mol. The van der Waals surface area contributed by atoms with E-state index in [-0.39, 0.29) is 17.7 Å². The third-order valence-electron chi connectivity index (χ3n) is 4.91. The van der Waals surface area contributed by atoms with Gasteiger partial charge in [-0.1, -0.05) is 48.2 Å². The number of hydrogen-bond donors (Lipinski definition) is 2. The van der Waals surface area contributed by atoms with Gasteiger partial charge in [0, 0.05) is 10.9 Å². The van der Waals surface area contributed by atoms with Crippen LogP contribution in [0.5, 0.6) is 11.5 Å². The largest absolute Gasteiger partial charge is 0.497 e. The molecule has 1 amide bonds. The van der Waals surface area contributed by atoms with E-state index in [2.05, 4.69) is 15.5 Å². The van der Waals surface area contributed by atoms with Crippen LogP contribution in [-0.4, -0.2) is 40.8 Å². The number of hydrogen-bond acceptors (Lipinski definition) is 8. The molecule has 3 N–H and O–H groups in total. The number of carbonyl (C=O) groups excluding carboxylic acids is 1. The summed E-state index contributed by atoms with van der Waals surface area (Å²) in [6.07, 6.45) is 0. The number of rotatable bonds is 9. The number of methoxy groups -OCH3 is 2. The number of nitrogens with one attached hydrogen (secondary N) is 1. The molecule has 4 rings (SSSR count). The fourth-order valence-corrected chi connectivity index (χ4v) is 4.77. The normalized spacial score (nSPS) is 11.7. The van der Waals surface area contributed by atoms with Crippen molar-refractivity contribution in [2.24, 2.45) is 0 Å². The Morgan fingerprint density at radius 1 is 1.12 bits per heavy atom. The summed E-state index contributed by atoms with van der Waals surface area (Å²) in [4.78, 5) is 13.9. The number of amides is 1. The van der Waals surface area contributed by atoms with Crippen LogP contribution in [-0.2, 0) is 4.79 Å². The molecular formula is C23H23N5O3S2. The summed E-state index contributed by atoms with van der Waals surface area (Å²) in [5, 5.41) is 13.9. The van der Waals surface area contributed by atoms with E-state index in [9.17, 15) is 4.79 Å². The summed E-state index contributed by atoms with van der Waals surface area (Å²) in [6, 6.07) is 19.0. The molecule has 0 fully saturated rings. The van der Waals surface area contributed by atoms with Crippen molar-refractivity contribution < 1.29 is 14.3 Å². The number of ether oxygens (including phenoxy) is 2. The summed E-state index contributed by atoms with van der Waals surface area (Å²) < 4.78 is 12.0. The maximum Gasteiger partial charge on any atom is 0.231 e. The Morgan fingerprint density at radius 2 is 1.94 bits per heavy atom. The van der Waals surface area contributed by atoms with Crippen LogP contribution >= 0.6 is 23.1 Å². The lowest BCUT2D eigenvalue weighted by Crippen LogP contribution is -2.30. The Labute approximate surface area is 199 Å². The van der Waals surface area contributed by atoms with Gasteiger partial charge in [0.2, 0.25) is 11.1 Å². The molecule has 33 heavy (non-hydrogen) atoms. The lowest BCUT2D eigenvalue weighted by molar-refractivity contribution is -0.119. The van der Waals surface area contributed by atoms with Crippen LogP contribution in [0.3, 0.4) is 0 Å². The molecule has 10 heteroatoms. The van der Waals surface area contributed by atoms with Crippen LogP contribution in [0.1, 0.15) is 16.5 Å². The molecule has 4 aromatic rings. The van der Waals surface area contributed by atoms with Gasteiger partial charge in [-0.3, -0.25) is 4.79 Å². The molecule has 2 aromatic carbocycles. The van der Waals surface area contributed by atoms with Crippen molar-refractivity contribution in [1.29, 1.82) is 0 Å². The smallest absolute Gasteiger partial charge is 0.231 e.